The number of nitrogens with one attached hydrogen (secondary N) is 1. The Hall–Kier alpha value is -0.860. The minimum atomic E-state index is 0.265. The van der Waals surface area contributed by atoms with Gasteiger partial charge in [-0.1, -0.05) is 39.0 Å². The summed E-state index contributed by atoms with van der Waals surface area (Å²) in [4.78, 5) is 0. The van der Waals surface area contributed by atoms with Crippen LogP contribution in [0, 0.1) is 19.8 Å². The first-order valence-electron chi connectivity index (χ1n) is 7.90. The summed E-state index contributed by atoms with van der Waals surface area (Å²) in [7, 11) is 0. The maximum Gasteiger partial charge on any atom is 0.0753 e. The van der Waals surface area contributed by atoms with Crippen LogP contribution in [0.2, 0.25) is 0 Å². The Bertz CT molecular complexity index is 400. The number of likely N-dealkylation sites (N-methyl/N-ethyl adjacent to an activating group) is 1. The summed E-state index contributed by atoms with van der Waals surface area (Å²) < 4.78 is 5.98. The zero-order chi connectivity index (χ0) is 15.1. The Kier molecular flexibility index (Phi) is 7.25. The monoisotopic (exact) mass is 277 g/mol. The highest BCUT2D eigenvalue weighted by atomic mass is 16.5. The summed E-state index contributed by atoms with van der Waals surface area (Å²) in [6, 6.07) is 7.15. The van der Waals surface area contributed by atoms with E-state index < -0.39 is 0 Å². The molecule has 1 N–H and O–H groups in total. The molecule has 1 rings (SSSR count). The fraction of sp³-hybridized carbons (Fsp3) is 0.667. The second-order valence-corrected chi connectivity index (χ2v) is 5.95. The molecule has 2 nitrogen and oxygen atoms in total. The molecule has 0 aliphatic heterocycles. The number of aryl methyl sites for hydroxylation is 2. The third kappa shape index (κ3) is 4.92. The molecule has 0 fully saturated rings. The van der Waals surface area contributed by atoms with Gasteiger partial charge in [-0.2, -0.15) is 0 Å². The first-order chi connectivity index (χ1) is 9.49. The molecular formula is C18H31NO. The molecule has 1 aromatic rings. The van der Waals surface area contributed by atoms with E-state index in [2.05, 4.69) is 65.1 Å². The van der Waals surface area contributed by atoms with Crippen LogP contribution >= 0.6 is 0 Å². The third-order valence-electron chi connectivity index (χ3n) is 3.91. The molecule has 0 bridgehead atoms. The van der Waals surface area contributed by atoms with Gasteiger partial charge in [0.15, 0.2) is 0 Å². The highest BCUT2D eigenvalue weighted by Crippen LogP contribution is 2.18. The maximum absolute atomic E-state index is 5.98. The summed E-state index contributed by atoms with van der Waals surface area (Å²) >= 11 is 0. The molecule has 1 aromatic carbocycles. The van der Waals surface area contributed by atoms with Crippen molar-refractivity contribution in [2.75, 3.05) is 13.2 Å². The van der Waals surface area contributed by atoms with E-state index in [9.17, 15) is 0 Å². The predicted molar refractivity (Wildman–Crippen MR) is 87.3 cm³/mol. The molecule has 0 saturated heterocycles. The van der Waals surface area contributed by atoms with Crippen LogP contribution in [0.25, 0.3) is 0 Å². The molecular weight excluding hydrogens is 246 g/mol. The molecule has 2 heteroatoms. The van der Waals surface area contributed by atoms with E-state index >= 15 is 0 Å². The normalized spacial score (nSPS) is 14.6. The van der Waals surface area contributed by atoms with Crippen molar-refractivity contribution >= 4 is 0 Å². The minimum absolute atomic E-state index is 0.265. The Morgan fingerprint density at radius 2 is 1.80 bits per heavy atom. The third-order valence-corrected chi connectivity index (χ3v) is 3.91. The summed E-state index contributed by atoms with van der Waals surface area (Å²) in [6.45, 7) is 14.8. The molecule has 2 atom stereocenters. The van der Waals surface area contributed by atoms with Crippen LogP contribution < -0.4 is 5.32 Å². The van der Waals surface area contributed by atoms with Crippen LogP contribution in [0.3, 0.4) is 0 Å². The van der Waals surface area contributed by atoms with E-state index in [1.807, 2.05) is 0 Å². The summed E-state index contributed by atoms with van der Waals surface area (Å²) in [5, 5.41) is 3.61. The summed E-state index contributed by atoms with van der Waals surface area (Å²) in [5.74, 6) is 0.519. The lowest BCUT2D eigenvalue weighted by Crippen LogP contribution is -2.45. The van der Waals surface area contributed by atoms with Crippen molar-refractivity contribution in [3.63, 3.8) is 0 Å². The van der Waals surface area contributed by atoms with Crippen LogP contribution in [0.15, 0.2) is 18.2 Å². The highest BCUT2D eigenvalue weighted by Gasteiger charge is 2.24. The second kappa shape index (κ2) is 8.43. The largest absolute Gasteiger partial charge is 0.377 e. The minimum Gasteiger partial charge on any atom is -0.377 e. The molecule has 0 saturated carbocycles. The van der Waals surface area contributed by atoms with Crippen molar-refractivity contribution in [3.8, 4) is 0 Å². The quantitative estimate of drug-likeness (QED) is 0.778. The van der Waals surface area contributed by atoms with E-state index in [1.54, 1.807) is 0 Å². The van der Waals surface area contributed by atoms with Gasteiger partial charge < -0.3 is 10.1 Å². The van der Waals surface area contributed by atoms with Crippen molar-refractivity contribution in [1.82, 2.24) is 5.32 Å². The van der Waals surface area contributed by atoms with Gasteiger partial charge in [0.05, 0.1) is 6.10 Å². The Morgan fingerprint density at radius 1 is 1.10 bits per heavy atom. The lowest BCUT2D eigenvalue weighted by Gasteiger charge is -2.31. The van der Waals surface area contributed by atoms with Crippen LogP contribution in [0.4, 0.5) is 0 Å². The molecule has 0 aromatic heterocycles. The fourth-order valence-electron chi connectivity index (χ4n) is 2.72. The zero-order valence-electron chi connectivity index (χ0n) is 14.0. The molecule has 20 heavy (non-hydrogen) atoms. The topological polar surface area (TPSA) is 21.3 Å². The van der Waals surface area contributed by atoms with Crippen molar-refractivity contribution in [2.45, 2.75) is 60.1 Å². The number of ether oxygens (including phenoxy) is 1. The lowest BCUT2D eigenvalue weighted by molar-refractivity contribution is 0.00395. The number of benzene rings is 1. The molecule has 0 spiro atoms. The van der Waals surface area contributed by atoms with E-state index in [0.717, 1.165) is 19.6 Å². The molecule has 0 heterocycles. The molecule has 2 unspecified atom stereocenters. The first kappa shape index (κ1) is 17.2. The van der Waals surface area contributed by atoms with Gasteiger partial charge >= 0.3 is 0 Å². The molecule has 0 radical (unpaired) electrons. The molecule has 0 aliphatic rings. The highest BCUT2D eigenvalue weighted by molar-refractivity contribution is 5.30. The summed E-state index contributed by atoms with van der Waals surface area (Å²) in [5.41, 5.74) is 4.12. The lowest BCUT2D eigenvalue weighted by atomic mass is 9.92. The van der Waals surface area contributed by atoms with E-state index in [4.69, 9.17) is 4.74 Å². The van der Waals surface area contributed by atoms with Gasteiger partial charge in [0, 0.05) is 12.6 Å². The van der Waals surface area contributed by atoms with Crippen molar-refractivity contribution < 1.29 is 4.74 Å². The van der Waals surface area contributed by atoms with Gasteiger partial charge in [0.1, 0.15) is 0 Å². The number of hydrogen-bond donors (Lipinski definition) is 1. The van der Waals surface area contributed by atoms with Gasteiger partial charge in [-0.3, -0.25) is 0 Å². The average Bonchev–Trinajstić information content (AvgIpc) is 2.39. The van der Waals surface area contributed by atoms with E-state index in [-0.39, 0.29) is 6.10 Å². The Balaban J connectivity index is 2.86. The van der Waals surface area contributed by atoms with Gasteiger partial charge in [0.2, 0.25) is 0 Å². The van der Waals surface area contributed by atoms with Gasteiger partial charge in [-0.05, 0) is 56.3 Å². The number of rotatable bonds is 8. The van der Waals surface area contributed by atoms with Gasteiger partial charge in [-0.25, -0.2) is 0 Å². The fourth-order valence-corrected chi connectivity index (χ4v) is 2.72. The first-order valence-corrected chi connectivity index (χ1v) is 7.90. The van der Waals surface area contributed by atoms with Gasteiger partial charge in [-0.15, -0.1) is 0 Å². The van der Waals surface area contributed by atoms with E-state index in [0.29, 0.717) is 12.0 Å². The Labute approximate surface area is 124 Å². The van der Waals surface area contributed by atoms with Gasteiger partial charge in [0.25, 0.3) is 0 Å². The SMILES string of the molecule is CCNC(Cc1ccc(C)c(C)c1)C(OCC)C(C)C. The van der Waals surface area contributed by atoms with E-state index in [1.165, 1.54) is 16.7 Å². The van der Waals surface area contributed by atoms with Crippen molar-refractivity contribution in [1.29, 1.82) is 0 Å². The standard InChI is InChI=1S/C18H31NO/c1-7-19-17(18(13(3)4)20-8-2)12-16-10-9-14(5)15(6)11-16/h9-11,13,17-19H,7-8,12H2,1-6H3. The second-order valence-electron chi connectivity index (χ2n) is 5.95. The van der Waals surface area contributed by atoms with Crippen molar-refractivity contribution in [2.24, 2.45) is 5.92 Å². The zero-order valence-corrected chi connectivity index (χ0v) is 14.0. The van der Waals surface area contributed by atoms with Crippen LogP contribution in [0.5, 0.6) is 0 Å². The molecule has 0 amide bonds. The van der Waals surface area contributed by atoms with Crippen LogP contribution in [-0.2, 0) is 11.2 Å². The van der Waals surface area contributed by atoms with Crippen LogP contribution in [0.1, 0.15) is 44.4 Å². The smallest absolute Gasteiger partial charge is 0.0753 e. The molecule has 114 valence electrons. The predicted octanol–water partition coefficient (Wildman–Crippen LogP) is 3.89. The Morgan fingerprint density at radius 3 is 2.30 bits per heavy atom. The van der Waals surface area contributed by atoms with Crippen molar-refractivity contribution in [3.05, 3.63) is 34.9 Å². The molecule has 0 aliphatic carbocycles. The average molecular weight is 277 g/mol. The number of hydrogen-bond acceptors (Lipinski definition) is 2. The maximum atomic E-state index is 5.98. The van der Waals surface area contributed by atoms with Crippen LogP contribution in [-0.4, -0.2) is 25.3 Å². The summed E-state index contributed by atoms with van der Waals surface area (Å²) in [6.07, 6.45) is 1.29.